The fraction of sp³-hybridized carbons (Fsp3) is 0.231. The molecule has 0 unspecified atom stereocenters. The maximum atomic E-state index is 13.6. The Morgan fingerprint density at radius 3 is 2.84 bits per heavy atom. The summed E-state index contributed by atoms with van der Waals surface area (Å²) in [4.78, 5) is 8.37. The predicted molar refractivity (Wildman–Crippen MR) is 78.2 cm³/mol. The van der Waals surface area contributed by atoms with Gasteiger partial charge in [0.05, 0.1) is 18.1 Å². The molecule has 6 heteroatoms. The summed E-state index contributed by atoms with van der Waals surface area (Å²) < 4.78 is 14.4. The molecule has 1 aromatic carbocycles. The second-order valence-electron chi connectivity index (χ2n) is 3.97. The molecule has 0 saturated carbocycles. The van der Waals surface area contributed by atoms with Crippen LogP contribution in [0.15, 0.2) is 35.1 Å². The van der Waals surface area contributed by atoms with E-state index < -0.39 is 0 Å². The maximum absolute atomic E-state index is 13.6. The highest BCUT2D eigenvalue weighted by atomic mass is 79.9. The van der Waals surface area contributed by atoms with E-state index in [9.17, 15) is 4.39 Å². The van der Waals surface area contributed by atoms with Crippen LogP contribution in [0, 0.1) is 5.82 Å². The van der Waals surface area contributed by atoms with Crippen molar-refractivity contribution in [3.8, 4) is 0 Å². The number of hydrogen-bond donors (Lipinski definition) is 2. The van der Waals surface area contributed by atoms with E-state index in [-0.39, 0.29) is 5.82 Å². The van der Waals surface area contributed by atoms with E-state index in [2.05, 4.69) is 43.5 Å². The van der Waals surface area contributed by atoms with Crippen LogP contribution in [0.4, 0.5) is 21.7 Å². The Hall–Kier alpha value is -1.69. The largest absolute Gasteiger partial charge is 0.369 e. The maximum Gasteiger partial charge on any atom is 0.151 e. The van der Waals surface area contributed by atoms with E-state index >= 15 is 0 Å². The summed E-state index contributed by atoms with van der Waals surface area (Å²) in [7, 11) is 0. The minimum Gasteiger partial charge on any atom is -0.369 e. The van der Waals surface area contributed by atoms with E-state index in [0.717, 1.165) is 17.4 Å². The molecule has 0 atom stereocenters. The Kier molecular flexibility index (Phi) is 4.68. The number of anilines is 3. The van der Waals surface area contributed by atoms with Crippen molar-refractivity contribution in [2.24, 2.45) is 0 Å². The Morgan fingerprint density at radius 2 is 2.05 bits per heavy atom. The normalized spacial score (nSPS) is 10.3. The molecule has 19 heavy (non-hydrogen) atoms. The molecule has 100 valence electrons. The van der Waals surface area contributed by atoms with Gasteiger partial charge in [0.2, 0.25) is 0 Å². The zero-order valence-electron chi connectivity index (χ0n) is 10.5. The van der Waals surface area contributed by atoms with E-state index in [1.54, 1.807) is 24.5 Å². The SMILES string of the molecule is CCCNc1cncc(Nc2cc(Br)ccc2F)n1. The lowest BCUT2D eigenvalue weighted by molar-refractivity contribution is 0.631. The number of aromatic nitrogens is 2. The van der Waals surface area contributed by atoms with E-state index in [4.69, 9.17) is 0 Å². The predicted octanol–water partition coefficient (Wildman–Crippen LogP) is 3.94. The number of benzene rings is 1. The lowest BCUT2D eigenvalue weighted by Crippen LogP contribution is -2.04. The van der Waals surface area contributed by atoms with Gasteiger partial charge in [-0.2, -0.15) is 0 Å². The van der Waals surface area contributed by atoms with Crippen molar-refractivity contribution in [3.05, 3.63) is 40.9 Å². The quantitative estimate of drug-likeness (QED) is 0.874. The molecule has 1 aromatic heterocycles. The Labute approximate surface area is 119 Å². The van der Waals surface area contributed by atoms with Crippen LogP contribution in [-0.4, -0.2) is 16.5 Å². The first-order valence-corrected chi connectivity index (χ1v) is 6.76. The Bertz CT molecular complexity index is 562. The van der Waals surface area contributed by atoms with Crippen molar-refractivity contribution >= 4 is 33.3 Å². The third-order valence-corrected chi connectivity index (χ3v) is 2.88. The number of rotatable bonds is 5. The van der Waals surface area contributed by atoms with Gasteiger partial charge >= 0.3 is 0 Å². The molecular formula is C13H14BrFN4. The first kappa shape index (κ1) is 13.7. The lowest BCUT2D eigenvalue weighted by atomic mass is 10.3. The van der Waals surface area contributed by atoms with Gasteiger partial charge in [0.25, 0.3) is 0 Å². The van der Waals surface area contributed by atoms with Gasteiger partial charge in [-0.15, -0.1) is 0 Å². The van der Waals surface area contributed by atoms with Crippen molar-refractivity contribution in [1.29, 1.82) is 0 Å². The molecule has 2 aromatic rings. The molecule has 0 fully saturated rings. The zero-order chi connectivity index (χ0) is 13.7. The number of nitrogens with one attached hydrogen (secondary N) is 2. The third kappa shape index (κ3) is 3.89. The average molecular weight is 325 g/mol. The molecule has 2 rings (SSSR count). The van der Waals surface area contributed by atoms with Gasteiger partial charge in [0.15, 0.2) is 5.82 Å². The molecular weight excluding hydrogens is 311 g/mol. The summed E-state index contributed by atoms with van der Waals surface area (Å²) in [6.07, 6.45) is 4.19. The van der Waals surface area contributed by atoms with Gasteiger partial charge in [-0.3, -0.25) is 4.98 Å². The molecule has 0 amide bonds. The minimum absolute atomic E-state index is 0.336. The third-order valence-electron chi connectivity index (χ3n) is 2.38. The van der Waals surface area contributed by atoms with Gasteiger partial charge in [-0.1, -0.05) is 22.9 Å². The van der Waals surface area contributed by atoms with Crippen LogP contribution >= 0.6 is 15.9 Å². The monoisotopic (exact) mass is 324 g/mol. The second kappa shape index (κ2) is 6.47. The number of hydrogen-bond acceptors (Lipinski definition) is 4. The lowest BCUT2D eigenvalue weighted by Gasteiger charge is -2.09. The van der Waals surface area contributed by atoms with Crippen LogP contribution in [0.25, 0.3) is 0 Å². The molecule has 0 radical (unpaired) electrons. The van der Waals surface area contributed by atoms with Crippen molar-refractivity contribution in [2.45, 2.75) is 13.3 Å². The van der Waals surface area contributed by atoms with Gasteiger partial charge < -0.3 is 10.6 Å². The van der Waals surface area contributed by atoms with E-state index in [1.807, 2.05) is 0 Å². The topological polar surface area (TPSA) is 49.8 Å². The smallest absolute Gasteiger partial charge is 0.151 e. The molecule has 0 aliphatic carbocycles. The standard InChI is InChI=1S/C13H14BrFN4/c1-2-5-17-12-7-16-8-13(19-12)18-11-6-9(14)3-4-10(11)15/h3-4,6-8H,2,5H2,1H3,(H2,17,18,19). The van der Waals surface area contributed by atoms with Gasteiger partial charge in [0, 0.05) is 11.0 Å². The molecule has 0 bridgehead atoms. The summed E-state index contributed by atoms with van der Waals surface area (Å²) >= 11 is 3.30. The number of halogens is 2. The van der Waals surface area contributed by atoms with Gasteiger partial charge in [-0.05, 0) is 24.6 Å². The molecule has 1 heterocycles. The highest BCUT2D eigenvalue weighted by Gasteiger charge is 2.05. The summed E-state index contributed by atoms with van der Waals surface area (Å²) in [5.74, 6) is 0.831. The summed E-state index contributed by atoms with van der Waals surface area (Å²) in [6, 6.07) is 4.69. The number of nitrogens with zero attached hydrogens (tertiary/aromatic N) is 2. The first-order chi connectivity index (χ1) is 9.19. The highest BCUT2D eigenvalue weighted by molar-refractivity contribution is 9.10. The summed E-state index contributed by atoms with van der Waals surface area (Å²) in [6.45, 7) is 2.89. The molecule has 0 spiro atoms. The van der Waals surface area contributed by atoms with Crippen molar-refractivity contribution in [1.82, 2.24) is 9.97 Å². The molecule has 0 saturated heterocycles. The van der Waals surface area contributed by atoms with E-state index in [1.165, 1.54) is 6.07 Å². The molecule has 2 N–H and O–H groups in total. The van der Waals surface area contributed by atoms with Gasteiger partial charge in [0.1, 0.15) is 11.6 Å². The fourth-order valence-corrected chi connectivity index (χ4v) is 1.86. The molecule has 0 aliphatic rings. The van der Waals surface area contributed by atoms with Crippen molar-refractivity contribution in [3.63, 3.8) is 0 Å². The van der Waals surface area contributed by atoms with Crippen LogP contribution in [0.1, 0.15) is 13.3 Å². The van der Waals surface area contributed by atoms with Crippen LogP contribution < -0.4 is 10.6 Å². The van der Waals surface area contributed by atoms with Crippen LogP contribution in [-0.2, 0) is 0 Å². The average Bonchev–Trinajstić information content (AvgIpc) is 2.41. The van der Waals surface area contributed by atoms with Crippen LogP contribution in [0.3, 0.4) is 0 Å². The summed E-state index contributed by atoms with van der Waals surface area (Å²) in [5, 5.41) is 6.04. The Morgan fingerprint density at radius 1 is 1.26 bits per heavy atom. The van der Waals surface area contributed by atoms with Crippen LogP contribution in [0.5, 0.6) is 0 Å². The highest BCUT2D eigenvalue weighted by Crippen LogP contribution is 2.23. The van der Waals surface area contributed by atoms with E-state index in [0.29, 0.717) is 17.3 Å². The Balaban J connectivity index is 2.16. The van der Waals surface area contributed by atoms with Gasteiger partial charge in [-0.25, -0.2) is 9.37 Å². The molecule has 4 nitrogen and oxygen atoms in total. The zero-order valence-corrected chi connectivity index (χ0v) is 12.0. The van der Waals surface area contributed by atoms with Crippen molar-refractivity contribution in [2.75, 3.05) is 17.2 Å². The van der Waals surface area contributed by atoms with Crippen LogP contribution in [0.2, 0.25) is 0 Å². The molecule has 0 aliphatic heterocycles. The summed E-state index contributed by atoms with van der Waals surface area (Å²) in [5.41, 5.74) is 0.358. The fourth-order valence-electron chi connectivity index (χ4n) is 1.50. The first-order valence-electron chi connectivity index (χ1n) is 5.97. The van der Waals surface area contributed by atoms with Crippen molar-refractivity contribution < 1.29 is 4.39 Å². The minimum atomic E-state index is -0.336. The second-order valence-corrected chi connectivity index (χ2v) is 4.88.